The Morgan fingerprint density at radius 3 is 2.43 bits per heavy atom. The van der Waals surface area contributed by atoms with E-state index in [1.54, 1.807) is 0 Å². The van der Waals surface area contributed by atoms with Gasteiger partial charge in [-0.25, -0.2) is 4.79 Å². The average Bonchev–Trinajstić information content (AvgIpc) is 2.53. The van der Waals surface area contributed by atoms with Gasteiger partial charge in [0, 0.05) is 17.7 Å². The van der Waals surface area contributed by atoms with E-state index >= 15 is 0 Å². The maximum atomic E-state index is 11.8. The molecule has 1 aromatic rings. The molecule has 0 bridgehead atoms. The van der Waals surface area contributed by atoms with E-state index in [9.17, 15) is 14.9 Å². The monoisotopic (exact) mass is 291 g/mol. The van der Waals surface area contributed by atoms with Crippen LogP contribution in [0.3, 0.4) is 0 Å². The molecule has 7 heteroatoms. The first-order valence-electron chi connectivity index (χ1n) is 6.87. The second kappa shape index (κ2) is 6.83. The van der Waals surface area contributed by atoms with Gasteiger partial charge in [-0.05, 0) is 25.0 Å². The lowest BCUT2D eigenvalue weighted by Crippen LogP contribution is -2.21. The fraction of sp³-hybridized carbons (Fsp3) is 0.429. The van der Waals surface area contributed by atoms with Crippen LogP contribution in [0.4, 0.5) is 5.69 Å². The van der Waals surface area contributed by atoms with E-state index in [1.165, 1.54) is 24.3 Å². The van der Waals surface area contributed by atoms with Crippen molar-refractivity contribution in [3.63, 3.8) is 0 Å². The van der Waals surface area contributed by atoms with Crippen LogP contribution in [0.25, 0.3) is 0 Å². The summed E-state index contributed by atoms with van der Waals surface area (Å²) in [6.07, 6.45) is 4.86. The Morgan fingerprint density at radius 1 is 1.24 bits per heavy atom. The first kappa shape index (κ1) is 15.0. The molecule has 0 aromatic heterocycles. The summed E-state index contributed by atoms with van der Waals surface area (Å²) in [6.45, 7) is 0. The smallest absolute Gasteiger partial charge is 0.338 e. The second-order valence-corrected chi connectivity index (χ2v) is 5.03. The average molecular weight is 291 g/mol. The number of nitro benzene ring substituents is 1. The number of nitrogens with two attached hydrogens (primary N) is 1. The van der Waals surface area contributed by atoms with Gasteiger partial charge in [0.25, 0.3) is 5.69 Å². The number of benzene rings is 1. The molecule has 1 aliphatic carbocycles. The minimum absolute atomic E-state index is 0.0223. The number of carbonyl (C=O) groups excluding carboxylic acids is 1. The number of hydrogen-bond acceptors (Lipinski definition) is 5. The number of hydrogen-bond donors (Lipinski definition) is 1. The molecule has 7 nitrogen and oxygen atoms in total. The minimum atomic E-state index is -0.500. The Bertz CT molecular complexity index is 548. The molecule has 0 aliphatic heterocycles. The Balaban J connectivity index is 1.96. The molecule has 1 aliphatic rings. The number of oxime groups is 1. The molecule has 0 saturated heterocycles. The van der Waals surface area contributed by atoms with Gasteiger partial charge in [0.05, 0.1) is 10.8 Å². The standard InChI is InChI=1S/C14H17N3O4/c15-13(10-6-8-12(9-7-10)17(19)20)16-21-14(18)11-4-2-1-3-5-11/h6-9,11H,1-5H2,(H2,15,16). The quantitative estimate of drug-likeness (QED) is 0.301. The van der Waals surface area contributed by atoms with Crippen molar-refractivity contribution in [1.82, 2.24) is 0 Å². The van der Waals surface area contributed by atoms with E-state index in [4.69, 9.17) is 10.6 Å². The third-order valence-corrected chi connectivity index (χ3v) is 3.55. The van der Waals surface area contributed by atoms with Crippen LogP contribution in [0.1, 0.15) is 37.7 Å². The molecule has 0 unspecified atom stereocenters. The molecule has 1 aromatic carbocycles. The molecule has 1 saturated carbocycles. The van der Waals surface area contributed by atoms with Crippen LogP contribution in [-0.4, -0.2) is 16.7 Å². The highest BCUT2D eigenvalue weighted by molar-refractivity contribution is 5.97. The van der Waals surface area contributed by atoms with Crippen molar-refractivity contribution in [2.75, 3.05) is 0 Å². The van der Waals surface area contributed by atoms with E-state index in [2.05, 4.69) is 5.16 Å². The van der Waals surface area contributed by atoms with Crippen LogP contribution in [0.15, 0.2) is 29.4 Å². The van der Waals surface area contributed by atoms with Gasteiger partial charge >= 0.3 is 5.97 Å². The van der Waals surface area contributed by atoms with E-state index in [-0.39, 0.29) is 23.4 Å². The summed E-state index contributed by atoms with van der Waals surface area (Å²) in [6, 6.07) is 5.57. The van der Waals surface area contributed by atoms with Crippen molar-refractivity contribution < 1.29 is 14.6 Å². The third-order valence-electron chi connectivity index (χ3n) is 3.55. The molecular formula is C14H17N3O4. The van der Waals surface area contributed by atoms with E-state index in [1.807, 2.05) is 0 Å². The fourth-order valence-electron chi connectivity index (χ4n) is 2.31. The summed E-state index contributed by atoms with van der Waals surface area (Å²) in [5, 5.41) is 14.2. The summed E-state index contributed by atoms with van der Waals surface area (Å²) in [5.41, 5.74) is 6.14. The van der Waals surface area contributed by atoms with Gasteiger partial charge in [-0.15, -0.1) is 0 Å². The molecule has 1 fully saturated rings. The molecule has 112 valence electrons. The largest absolute Gasteiger partial charge is 0.380 e. The Morgan fingerprint density at radius 2 is 1.86 bits per heavy atom. The summed E-state index contributed by atoms with van der Waals surface area (Å²) < 4.78 is 0. The van der Waals surface area contributed by atoms with Crippen molar-refractivity contribution in [3.05, 3.63) is 39.9 Å². The number of rotatable bonds is 4. The van der Waals surface area contributed by atoms with Crippen molar-refractivity contribution in [3.8, 4) is 0 Å². The number of amidine groups is 1. The normalized spacial score (nSPS) is 16.5. The van der Waals surface area contributed by atoms with E-state index in [0.29, 0.717) is 5.56 Å². The van der Waals surface area contributed by atoms with Gasteiger partial charge in [0.2, 0.25) is 0 Å². The zero-order chi connectivity index (χ0) is 15.2. The molecule has 2 N–H and O–H groups in total. The van der Waals surface area contributed by atoms with Crippen LogP contribution >= 0.6 is 0 Å². The molecular weight excluding hydrogens is 274 g/mol. The Kier molecular flexibility index (Phi) is 4.86. The molecule has 2 rings (SSSR count). The highest BCUT2D eigenvalue weighted by atomic mass is 16.7. The molecule has 0 radical (unpaired) electrons. The highest BCUT2D eigenvalue weighted by Gasteiger charge is 2.23. The van der Waals surface area contributed by atoms with Gasteiger partial charge < -0.3 is 10.6 Å². The van der Waals surface area contributed by atoms with Gasteiger partial charge in [0.15, 0.2) is 5.84 Å². The molecule has 0 atom stereocenters. The number of nitrogens with zero attached hydrogens (tertiary/aromatic N) is 2. The van der Waals surface area contributed by atoms with Crippen LogP contribution in [0.5, 0.6) is 0 Å². The SMILES string of the molecule is N/C(=N/OC(=O)C1CCCCC1)c1ccc([N+](=O)[O-])cc1. The molecule has 21 heavy (non-hydrogen) atoms. The lowest BCUT2D eigenvalue weighted by Gasteiger charge is -2.18. The van der Waals surface area contributed by atoms with E-state index in [0.717, 1.165) is 32.1 Å². The first-order valence-corrected chi connectivity index (χ1v) is 6.87. The Labute approximate surface area is 121 Å². The van der Waals surface area contributed by atoms with Crippen LogP contribution in [0, 0.1) is 16.0 Å². The zero-order valence-electron chi connectivity index (χ0n) is 11.5. The number of carbonyl (C=O) groups is 1. The van der Waals surface area contributed by atoms with Crippen molar-refractivity contribution in [1.29, 1.82) is 0 Å². The second-order valence-electron chi connectivity index (χ2n) is 5.03. The van der Waals surface area contributed by atoms with Gasteiger partial charge in [-0.3, -0.25) is 10.1 Å². The first-order chi connectivity index (χ1) is 10.1. The maximum Gasteiger partial charge on any atom is 0.338 e. The van der Waals surface area contributed by atoms with Crippen LogP contribution < -0.4 is 5.73 Å². The van der Waals surface area contributed by atoms with Crippen molar-refractivity contribution in [2.45, 2.75) is 32.1 Å². The highest BCUT2D eigenvalue weighted by Crippen LogP contribution is 2.24. The van der Waals surface area contributed by atoms with Gasteiger partial charge in [-0.1, -0.05) is 24.4 Å². The molecule has 0 spiro atoms. The summed E-state index contributed by atoms with van der Waals surface area (Å²) in [4.78, 5) is 26.7. The Hall–Kier alpha value is -2.44. The molecule has 0 heterocycles. The van der Waals surface area contributed by atoms with Gasteiger partial charge in [-0.2, -0.15) is 0 Å². The number of nitro groups is 1. The van der Waals surface area contributed by atoms with Crippen LogP contribution in [0.2, 0.25) is 0 Å². The summed E-state index contributed by atoms with van der Waals surface area (Å²) >= 11 is 0. The lowest BCUT2D eigenvalue weighted by atomic mass is 9.89. The summed E-state index contributed by atoms with van der Waals surface area (Å²) in [5.74, 6) is -0.444. The summed E-state index contributed by atoms with van der Waals surface area (Å²) in [7, 11) is 0. The van der Waals surface area contributed by atoms with Crippen LogP contribution in [-0.2, 0) is 9.63 Å². The van der Waals surface area contributed by atoms with Crippen molar-refractivity contribution >= 4 is 17.5 Å². The predicted molar refractivity (Wildman–Crippen MR) is 76.5 cm³/mol. The van der Waals surface area contributed by atoms with E-state index < -0.39 is 4.92 Å². The van der Waals surface area contributed by atoms with Gasteiger partial charge in [0.1, 0.15) is 0 Å². The lowest BCUT2D eigenvalue weighted by molar-refractivity contribution is -0.384. The predicted octanol–water partition coefficient (Wildman–Crippen LogP) is 2.34. The topological polar surface area (TPSA) is 108 Å². The fourth-order valence-corrected chi connectivity index (χ4v) is 2.31. The number of non-ortho nitro benzene ring substituents is 1. The minimum Gasteiger partial charge on any atom is -0.380 e. The van der Waals surface area contributed by atoms with Crippen molar-refractivity contribution in [2.24, 2.45) is 16.8 Å². The molecule has 0 amide bonds. The zero-order valence-corrected chi connectivity index (χ0v) is 11.5. The maximum absolute atomic E-state index is 11.8. The third kappa shape index (κ3) is 4.01.